The van der Waals surface area contributed by atoms with Crippen LogP contribution in [0, 0.1) is 0 Å². The first-order chi connectivity index (χ1) is 8.99. The Morgan fingerprint density at radius 2 is 1.95 bits per heavy atom. The molecule has 4 nitrogen and oxygen atoms in total. The van der Waals surface area contributed by atoms with Crippen molar-refractivity contribution < 1.29 is 4.74 Å². The molecule has 0 radical (unpaired) electrons. The Hall–Kier alpha value is -0.810. The summed E-state index contributed by atoms with van der Waals surface area (Å²) in [6, 6.07) is 2.04. The highest BCUT2D eigenvalue weighted by Crippen LogP contribution is 2.31. The zero-order valence-corrected chi connectivity index (χ0v) is 13.0. The first kappa shape index (κ1) is 14.6. The van der Waals surface area contributed by atoms with Crippen molar-refractivity contribution in [1.29, 1.82) is 0 Å². The summed E-state index contributed by atoms with van der Waals surface area (Å²) in [5, 5.41) is 4.81. The number of aromatic nitrogens is 2. The van der Waals surface area contributed by atoms with Gasteiger partial charge in [0.15, 0.2) is 0 Å². The summed E-state index contributed by atoms with van der Waals surface area (Å²) >= 11 is 1.85. The van der Waals surface area contributed by atoms with E-state index in [9.17, 15) is 0 Å². The van der Waals surface area contributed by atoms with Crippen molar-refractivity contribution in [2.24, 2.45) is 0 Å². The van der Waals surface area contributed by atoms with Crippen molar-refractivity contribution in [1.82, 2.24) is 9.97 Å². The third kappa shape index (κ3) is 4.08. The molecule has 0 aliphatic carbocycles. The maximum absolute atomic E-state index is 5.40. The lowest BCUT2D eigenvalue weighted by molar-refractivity contribution is 0.1000. The van der Waals surface area contributed by atoms with Crippen LogP contribution in [-0.4, -0.2) is 35.5 Å². The van der Waals surface area contributed by atoms with Gasteiger partial charge in [-0.3, -0.25) is 0 Å². The van der Waals surface area contributed by atoms with Crippen molar-refractivity contribution >= 4 is 17.6 Å². The minimum absolute atomic E-state index is 0.0299. The number of anilines is 1. The highest BCUT2D eigenvalue weighted by molar-refractivity contribution is 7.99. The molecular weight excluding hydrogens is 258 g/mol. The zero-order chi connectivity index (χ0) is 13.9. The number of hydrogen-bond donors (Lipinski definition) is 1. The van der Waals surface area contributed by atoms with Gasteiger partial charge in [-0.15, -0.1) is 11.8 Å². The molecular formula is C14H23N3OS. The van der Waals surface area contributed by atoms with Gasteiger partial charge in [-0.1, -0.05) is 20.8 Å². The quantitative estimate of drug-likeness (QED) is 0.863. The molecule has 1 N–H and O–H groups in total. The number of ether oxygens (including phenoxy) is 1. The van der Waals surface area contributed by atoms with Gasteiger partial charge in [-0.05, 0) is 12.8 Å². The normalized spacial score (nSPS) is 17.5. The number of nitrogens with one attached hydrogen (secondary N) is 1. The molecule has 1 aliphatic rings. The van der Waals surface area contributed by atoms with Crippen LogP contribution in [0.3, 0.4) is 0 Å². The Labute approximate surface area is 119 Å². The summed E-state index contributed by atoms with van der Waals surface area (Å²) in [5.41, 5.74) is -0.0299. The van der Waals surface area contributed by atoms with E-state index in [1.54, 1.807) is 0 Å². The molecule has 2 rings (SSSR count). The monoisotopic (exact) mass is 281 g/mol. The van der Waals surface area contributed by atoms with Crippen molar-refractivity contribution in [3.63, 3.8) is 0 Å². The molecule has 19 heavy (non-hydrogen) atoms. The smallest absolute Gasteiger partial charge is 0.137 e. The number of hydrogen-bond acceptors (Lipinski definition) is 5. The molecule has 0 unspecified atom stereocenters. The maximum Gasteiger partial charge on any atom is 0.137 e. The second kappa shape index (κ2) is 6.09. The lowest BCUT2D eigenvalue weighted by Gasteiger charge is -2.23. The summed E-state index contributed by atoms with van der Waals surface area (Å²) in [7, 11) is 1.90. The van der Waals surface area contributed by atoms with E-state index in [2.05, 4.69) is 31.1 Å². The van der Waals surface area contributed by atoms with Crippen LogP contribution in [0.1, 0.15) is 39.4 Å². The van der Waals surface area contributed by atoms with Crippen LogP contribution in [0.2, 0.25) is 0 Å². The highest BCUT2D eigenvalue weighted by Gasteiger charge is 2.21. The molecule has 0 atom stereocenters. The van der Waals surface area contributed by atoms with Gasteiger partial charge in [0.25, 0.3) is 0 Å². The third-order valence-electron chi connectivity index (χ3n) is 3.09. The molecule has 2 heterocycles. The average Bonchev–Trinajstić information content (AvgIpc) is 2.38. The Kier molecular flexibility index (Phi) is 4.68. The summed E-state index contributed by atoms with van der Waals surface area (Å²) in [6.07, 6.45) is 2.21. The molecule has 0 amide bonds. The minimum atomic E-state index is -0.0299. The van der Waals surface area contributed by atoms with E-state index in [4.69, 9.17) is 9.72 Å². The van der Waals surface area contributed by atoms with E-state index in [-0.39, 0.29) is 5.41 Å². The Balaban J connectivity index is 2.19. The SMILES string of the molecule is CNc1cc(SC2CCOCC2)nc(C(C)(C)C)n1. The van der Waals surface area contributed by atoms with Gasteiger partial charge < -0.3 is 10.1 Å². The molecule has 0 aromatic carbocycles. The Bertz CT molecular complexity index is 425. The first-order valence-electron chi connectivity index (χ1n) is 6.81. The molecule has 1 aromatic heterocycles. The predicted molar refractivity (Wildman–Crippen MR) is 80.0 cm³/mol. The van der Waals surface area contributed by atoms with Gasteiger partial charge in [-0.25, -0.2) is 9.97 Å². The highest BCUT2D eigenvalue weighted by atomic mass is 32.2. The van der Waals surface area contributed by atoms with Gasteiger partial charge in [0.2, 0.25) is 0 Å². The van der Waals surface area contributed by atoms with Crippen molar-refractivity contribution in [2.45, 2.75) is 49.3 Å². The molecule has 1 aliphatic heterocycles. The molecule has 0 bridgehead atoms. The van der Waals surface area contributed by atoms with E-state index in [0.717, 1.165) is 42.7 Å². The first-order valence-corrected chi connectivity index (χ1v) is 7.69. The van der Waals surface area contributed by atoms with Crippen LogP contribution in [0.4, 0.5) is 5.82 Å². The van der Waals surface area contributed by atoms with E-state index in [0.29, 0.717) is 5.25 Å². The van der Waals surface area contributed by atoms with Gasteiger partial charge in [0.05, 0.1) is 0 Å². The van der Waals surface area contributed by atoms with Crippen LogP contribution < -0.4 is 5.32 Å². The zero-order valence-electron chi connectivity index (χ0n) is 12.2. The van der Waals surface area contributed by atoms with Gasteiger partial charge in [0.1, 0.15) is 16.7 Å². The fourth-order valence-electron chi connectivity index (χ4n) is 1.91. The van der Waals surface area contributed by atoms with E-state index >= 15 is 0 Å². The molecule has 5 heteroatoms. The van der Waals surface area contributed by atoms with E-state index in [1.165, 1.54) is 0 Å². The number of nitrogens with zero attached hydrogens (tertiary/aromatic N) is 2. The van der Waals surface area contributed by atoms with Crippen molar-refractivity contribution in [3.05, 3.63) is 11.9 Å². The number of rotatable bonds is 3. The second-order valence-electron chi connectivity index (χ2n) is 5.84. The van der Waals surface area contributed by atoms with E-state index < -0.39 is 0 Å². The van der Waals surface area contributed by atoms with Crippen LogP contribution in [0.15, 0.2) is 11.1 Å². The molecule has 0 spiro atoms. The van der Waals surface area contributed by atoms with Crippen molar-refractivity contribution in [3.8, 4) is 0 Å². The molecule has 106 valence electrons. The van der Waals surface area contributed by atoms with E-state index in [1.807, 2.05) is 24.9 Å². The Morgan fingerprint density at radius 3 is 2.53 bits per heavy atom. The predicted octanol–water partition coefficient (Wildman–Crippen LogP) is 3.09. The molecule has 0 saturated carbocycles. The Morgan fingerprint density at radius 1 is 1.26 bits per heavy atom. The summed E-state index contributed by atoms with van der Waals surface area (Å²) in [6.45, 7) is 8.17. The summed E-state index contributed by atoms with van der Waals surface area (Å²) < 4.78 is 5.40. The second-order valence-corrected chi connectivity index (χ2v) is 7.17. The fraction of sp³-hybridized carbons (Fsp3) is 0.714. The van der Waals surface area contributed by atoms with Gasteiger partial charge in [0, 0.05) is 37.0 Å². The van der Waals surface area contributed by atoms with Crippen LogP contribution >= 0.6 is 11.8 Å². The van der Waals surface area contributed by atoms with Crippen LogP contribution in [0.5, 0.6) is 0 Å². The molecule has 1 saturated heterocycles. The standard InChI is InChI=1S/C14H23N3OS/c1-14(2,3)13-16-11(15-4)9-12(17-13)19-10-5-7-18-8-6-10/h9-10H,5-8H2,1-4H3,(H,15,16,17). The van der Waals surface area contributed by atoms with Gasteiger partial charge in [-0.2, -0.15) is 0 Å². The van der Waals surface area contributed by atoms with Crippen molar-refractivity contribution in [2.75, 3.05) is 25.6 Å². The lowest BCUT2D eigenvalue weighted by Crippen LogP contribution is -2.19. The average molecular weight is 281 g/mol. The van der Waals surface area contributed by atoms with Gasteiger partial charge >= 0.3 is 0 Å². The molecule has 1 aromatic rings. The largest absolute Gasteiger partial charge is 0.381 e. The summed E-state index contributed by atoms with van der Waals surface area (Å²) in [5.74, 6) is 1.79. The topological polar surface area (TPSA) is 47.0 Å². The minimum Gasteiger partial charge on any atom is -0.381 e. The van der Waals surface area contributed by atoms with Crippen LogP contribution in [0.25, 0.3) is 0 Å². The molecule has 1 fully saturated rings. The summed E-state index contributed by atoms with van der Waals surface area (Å²) in [4.78, 5) is 9.27. The third-order valence-corrected chi connectivity index (χ3v) is 4.34. The fourth-order valence-corrected chi connectivity index (χ4v) is 3.00. The van der Waals surface area contributed by atoms with Crippen LogP contribution in [-0.2, 0) is 10.2 Å². The lowest BCUT2D eigenvalue weighted by atomic mass is 9.96. The maximum atomic E-state index is 5.40. The number of thioether (sulfide) groups is 1.